The quantitative estimate of drug-likeness (QED) is 0.192. The van der Waals surface area contributed by atoms with Gasteiger partial charge in [0.2, 0.25) is 0 Å². The molecule has 0 atom stereocenters. The summed E-state index contributed by atoms with van der Waals surface area (Å²) in [4.78, 5) is 14.7. The molecule has 4 heteroatoms. The van der Waals surface area contributed by atoms with Crippen LogP contribution in [0.4, 0.5) is 0 Å². The average Bonchev–Trinajstić information content (AvgIpc) is 3.68. The summed E-state index contributed by atoms with van der Waals surface area (Å²) >= 11 is 0. The van der Waals surface area contributed by atoms with Crippen LogP contribution >= 0.6 is 0 Å². The zero-order valence-corrected chi connectivity index (χ0v) is 27.7. The minimum absolute atomic E-state index is 0.234. The van der Waals surface area contributed by atoms with Gasteiger partial charge in [0.15, 0.2) is 17.5 Å². The molecule has 2 aromatic heterocycles. The SMILES string of the molecule is CC1(C)c2cc(-c3ccc(-c4nc(-c5ccccc5)nc(-c5ccccc5)n4)cc3)ccc2-c2c1c1c3ccccc3oc1c1ccccc21. The number of aromatic nitrogens is 3. The number of nitrogens with zero attached hydrogens (tertiary/aromatic N) is 3. The first-order chi connectivity index (χ1) is 24.5. The fourth-order valence-corrected chi connectivity index (χ4v) is 7.89. The van der Waals surface area contributed by atoms with Crippen LogP contribution in [0.2, 0.25) is 0 Å². The molecule has 1 aliphatic carbocycles. The smallest absolute Gasteiger partial charge is 0.164 e. The highest BCUT2D eigenvalue weighted by molar-refractivity contribution is 6.23. The zero-order valence-electron chi connectivity index (χ0n) is 27.7. The first-order valence-electron chi connectivity index (χ1n) is 17.0. The van der Waals surface area contributed by atoms with Crippen molar-refractivity contribution >= 4 is 32.7 Å². The molecular formula is C46H31N3O. The molecule has 0 bridgehead atoms. The maximum absolute atomic E-state index is 6.57. The predicted octanol–water partition coefficient (Wildman–Crippen LogP) is 11.9. The van der Waals surface area contributed by atoms with E-state index in [2.05, 4.69) is 105 Å². The van der Waals surface area contributed by atoms with Crippen molar-refractivity contribution in [2.75, 3.05) is 0 Å². The Bertz CT molecular complexity index is 2710. The molecule has 0 fully saturated rings. The van der Waals surface area contributed by atoms with Crippen molar-refractivity contribution < 1.29 is 4.42 Å². The molecular weight excluding hydrogens is 611 g/mol. The van der Waals surface area contributed by atoms with E-state index in [1.165, 1.54) is 44.0 Å². The molecule has 7 aromatic carbocycles. The van der Waals surface area contributed by atoms with Crippen molar-refractivity contribution in [3.05, 3.63) is 163 Å². The van der Waals surface area contributed by atoms with E-state index < -0.39 is 0 Å². The minimum atomic E-state index is -0.234. The summed E-state index contributed by atoms with van der Waals surface area (Å²) in [5, 5.41) is 4.79. The Hall–Kier alpha value is -6.39. The van der Waals surface area contributed by atoms with Gasteiger partial charge in [-0.2, -0.15) is 0 Å². The summed E-state index contributed by atoms with van der Waals surface area (Å²) in [7, 11) is 0. The third-order valence-corrected chi connectivity index (χ3v) is 10.3. The molecule has 0 radical (unpaired) electrons. The Kier molecular flexibility index (Phi) is 6.19. The summed E-state index contributed by atoms with van der Waals surface area (Å²) < 4.78 is 6.57. The fourth-order valence-electron chi connectivity index (χ4n) is 7.89. The highest BCUT2D eigenvalue weighted by atomic mass is 16.3. The molecule has 50 heavy (non-hydrogen) atoms. The highest BCUT2D eigenvalue weighted by Crippen LogP contribution is 2.56. The molecule has 0 aliphatic heterocycles. The lowest BCUT2D eigenvalue weighted by atomic mass is 9.79. The van der Waals surface area contributed by atoms with Crippen LogP contribution in [0.25, 0.3) is 89.1 Å². The lowest BCUT2D eigenvalue weighted by Crippen LogP contribution is -2.15. The number of benzene rings is 7. The molecule has 0 spiro atoms. The normalized spacial score (nSPS) is 13.2. The van der Waals surface area contributed by atoms with Gasteiger partial charge in [0.05, 0.1) is 0 Å². The minimum Gasteiger partial charge on any atom is -0.455 e. The Morgan fingerprint density at radius 1 is 0.460 bits per heavy atom. The van der Waals surface area contributed by atoms with Gasteiger partial charge in [0, 0.05) is 38.3 Å². The Morgan fingerprint density at radius 2 is 0.960 bits per heavy atom. The van der Waals surface area contributed by atoms with E-state index in [0.29, 0.717) is 17.5 Å². The Balaban J connectivity index is 1.09. The largest absolute Gasteiger partial charge is 0.455 e. The molecule has 4 nitrogen and oxygen atoms in total. The number of furan rings is 1. The topological polar surface area (TPSA) is 51.8 Å². The second kappa shape index (κ2) is 10.8. The first kappa shape index (κ1) is 28.6. The van der Waals surface area contributed by atoms with Crippen molar-refractivity contribution in [2.24, 2.45) is 0 Å². The van der Waals surface area contributed by atoms with Gasteiger partial charge < -0.3 is 4.42 Å². The third kappa shape index (κ3) is 4.28. The second-order valence-electron chi connectivity index (χ2n) is 13.6. The molecule has 2 heterocycles. The molecule has 0 amide bonds. The van der Waals surface area contributed by atoms with E-state index in [0.717, 1.165) is 38.8 Å². The van der Waals surface area contributed by atoms with Gasteiger partial charge in [0.1, 0.15) is 11.2 Å². The number of fused-ring (bicyclic) bond motifs is 10. The molecule has 1 aliphatic rings. The average molecular weight is 642 g/mol. The summed E-state index contributed by atoms with van der Waals surface area (Å²) in [5.41, 5.74) is 12.1. The zero-order chi connectivity index (χ0) is 33.4. The van der Waals surface area contributed by atoms with Gasteiger partial charge in [0.25, 0.3) is 0 Å². The van der Waals surface area contributed by atoms with Crippen LogP contribution in [0.15, 0.2) is 156 Å². The maximum atomic E-state index is 6.57. The van der Waals surface area contributed by atoms with Crippen molar-refractivity contribution in [3.63, 3.8) is 0 Å². The molecule has 0 unspecified atom stereocenters. The van der Waals surface area contributed by atoms with Crippen molar-refractivity contribution in [3.8, 4) is 56.4 Å². The summed E-state index contributed by atoms with van der Waals surface area (Å²) in [6.45, 7) is 4.71. The number of para-hydroxylation sites is 1. The van der Waals surface area contributed by atoms with E-state index in [-0.39, 0.29) is 5.41 Å². The molecule has 0 saturated carbocycles. The van der Waals surface area contributed by atoms with Crippen molar-refractivity contribution in [1.29, 1.82) is 0 Å². The molecule has 9 aromatic rings. The van der Waals surface area contributed by atoms with Gasteiger partial charge in [-0.1, -0.05) is 153 Å². The van der Waals surface area contributed by atoms with Crippen LogP contribution in [0.3, 0.4) is 0 Å². The highest BCUT2D eigenvalue weighted by Gasteiger charge is 2.40. The van der Waals surface area contributed by atoms with Gasteiger partial charge >= 0.3 is 0 Å². The number of hydrogen-bond acceptors (Lipinski definition) is 4. The van der Waals surface area contributed by atoms with Gasteiger partial charge in [-0.15, -0.1) is 0 Å². The van der Waals surface area contributed by atoms with Crippen LogP contribution in [-0.2, 0) is 5.41 Å². The van der Waals surface area contributed by atoms with Crippen molar-refractivity contribution in [2.45, 2.75) is 19.3 Å². The third-order valence-electron chi connectivity index (χ3n) is 10.3. The van der Waals surface area contributed by atoms with Gasteiger partial charge in [-0.05, 0) is 50.9 Å². The van der Waals surface area contributed by atoms with Crippen LogP contribution in [0.1, 0.15) is 25.0 Å². The molecule has 236 valence electrons. The second-order valence-corrected chi connectivity index (χ2v) is 13.6. The standard InChI is InChI=1S/C46H31N3O/c1-46(2)37-27-32(25-26-35(37)39-33-17-9-10-18-34(33)42-40(41(39)46)36-19-11-12-20-38(36)50-42)28-21-23-31(24-22-28)45-48-43(29-13-5-3-6-14-29)47-44(49-45)30-15-7-4-8-16-30/h3-27H,1-2H3. The van der Waals surface area contributed by atoms with Gasteiger partial charge in [-0.25, -0.2) is 15.0 Å². The van der Waals surface area contributed by atoms with Crippen LogP contribution < -0.4 is 0 Å². The maximum Gasteiger partial charge on any atom is 0.164 e. The molecule has 0 saturated heterocycles. The number of rotatable bonds is 4. The van der Waals surface area contributed by atoms with Gasteiger partial charge in [-0.3, -0.25) is 0 Å². The molecule has 10 rings (SSSR count). The van der Waals surface area contributed by atoms with E-state index in [1.54, 1.807) is 0 Å². The predicted molar refractivity (Wildman–Crippen MR) is 204 cm³/mol. The summed E-state index contributed by atoms with van der Waals surface area (Å²) in [6.07, 6.45) is 0. The van der Waals surface area contributed by atoms with Crippen LogP contribution in [0, 0.1) is 0 Å². The number of hydrogen-bond donors (Lipinski definition) is 0. The van der Waals surface area contributed by atoms with Crippen molar-refractivity contribution in [1.82, 2.24) is 15.0 Å². The van der Waals surface area contributed by atoms with E-state index in [1.807, 2.05) is 60.7 Å². The molecule has 0 N–H and O–H groups in total. The van der Waals surface area contributed by atoms with E-state index in [4.69, 9.17) is 19.4 Å². The Labute approximate surface area is 289 Å². The lowest BCUT2D eigenvalue weighted by Gasteiger charge is -2.23. The monoisotopic (exact) mass is 641 g/mol. The van der Waals surface area contributed by atoms with E-state index >= 15 is 0 Å². The summed E-state index contributed by atoms with van der Waals surface area (Å²) in [6, 6.07) is 52.9. The first-order valence-corrected chi connectivity index (χ1v) is 17.0. The lowest BCUT2D eigenvalue weighted by molar-refractivity contribution is 0.659. The van der Waals surface area contributed by atoms with Crippen LogP contribution in [-0.4, -0.2) is 15.0 Å². The van der Waals surface area contributed by atoms with Crippen LogP contribution in [0.5, 0.6) is 0 Å². The van der Waals surface area contributed by atoms with E-state index in [9.17, 15) is 0 Å². The summed E-state index contributed by atoms with van der Waals surface area (Å²) in [5.74, 6) is 1.97. The Morgan fingerprint density at radius 3 is 1.60 bits per heavy atom. The fraction of sp³-hybridized carbons (Fsp3) is 0.0652.